The summed E-state index contributed by atoms with van der Waals surface area (Å²) in [5.74, 6) is 0.934. The molecule has 1 unspecified atom stereocenters. The Bertz CT molecular complexity index is 512. The molecule has 0 fully saturated rings. The average Bonchev–Trinajstić information content (AvgIpc) is 2.63. The third kappa shape index (κ3) is 12.1. The Morgan fingerprint density at radius 3 is 2.54 bits per heavy atom. The highest BCUT2D eigenvalue weighted by atomic mass is 127. The maximum Gasteiger partial charge on any atom is 0.241 e. The second-order valence-electron chi connectivity index (χ2n) is 6.03. The molecule has 0 bridgehead atoms. The maximum absolute atomic E-state index is 11.6. The van der Waals surface area contributed by atoms with Crippen LogP contribution in [0.25, 0.3) is 0 Å². The molecule has 3 N–H and O–H groups in total. The minimum Gasteiger partial charge on any atom is -0.376 e. The molecule has 7 heteroatoms. The van der Waals surface area contributed by atoms with Crippen molar-refractivity contribution in [3.8, 4) is 0 Å². The van der Waals surface area contributed by atoms with Crippen LogP contribution in [-0.2, 0) is 16.1 Å². The number of hydrogen-bond donors (Lipinski definition) is 3. The summed E-state index contributed by atoms with van der Waals surface area (Å²) in [4.78, 5) is 15.9. The molecule has 0 aliphatic rings. The quantitative estimate of drug-likeness (QED) is 0.261. The van der Waals surface area contributed by atoms with E-state index in [1.165, 1.54) is 5.56 Å². The molecule has 0 saturated carbocycles. The molecule has 1 aromatic carbocycles. The average molecular weight is 476 g/mol. The Balaban J connectivity index is 0.00000625. The van der Waals surface area contributed by atoms with Crippen LogP contribution in [0.4, 0.5) is 0 Å². The molecular weight excluding hydrogens is 443 g/mol. The number of carbonyl (C=O) groups excluding carboxylic acids is 1. The van der Waals surface area contributed by atoms with Crippen LogP contribution < -0.4 is 16.0 Å². The summed E-state index contributed by atoms with van der Waals surface area (Å²) in [5, 5.41) is 9.23. The van der Waals surface area contributed by atoms with Crippen molar-refractivity contribution in [1.29, 1.82) is 0 Å². The van der Waals surface area contributed by atoms with Crippen LogP contribution in [0.1, 0.15) is 32.8 Å². The van der Waals surface area contributed by atoms with E-state index >= 15 is 0 Å². The molecule has 0 aliphatic carbocycles. The fourth-order valence-electron chi connectivity index (χ4n) is 2.09. The first-order valence-corrected chi connectivity index (χ1v) is 9.06. The third-order valence-electron chi connectivity index (χ3n) is 3.43. The highest BCUT2D eigenvalue weighted by Gasteiger charge is 2.06. The summed E-state index contributed by atoms with van der Waals surface area (Å²) >= 11 is 0. The largest absolute Gasteiger partial charge is 0.376 e. The zero-order chi connectivity index (χ0) is 18.3. The number of benzene rings is 1. The van der Waals surface area contributed by atoms with Crippen LogP contribution in [0.3, 0.4) is 0 Å². The topological polar surface area (TPSA) is 74.8 Å². The molecule has 0 heterocycles. The molecule has 1 aromatic rings. The molecule has 0 saturated heterocycles. The van der Waals surface area contributed by atoms with Gasteiger partial charge in [0.25, 0.3) is 0 Å². The Morgan fingerprint density at radius 1 is 1.15 bits per heavy atom. The predicted octanol–water partition coefficient (Wildman–Crippen LogP) is 2.54. The summed E-state index contributed by atoms with van der Waals surface area (Å²) in [5.41, 5.74) is 1.18. The van der Waals surface area contributed by atoms with Gasteiger partial charge in [-0.2, -0.15) is 0 Å². The van der Waals surface area contributed by atoms with E-state index in [2.05, 4.69) is 40.0 Å². The van der Waals surface area contributed by atoms with E-state index in [0.29, 0.717) is 31.6 Å². The van der Waals surface area contributed by atoms with Crippen LogP contribution in [0.5, 0.6) is 0 Å². The normalized spacial score (nSPS) is 12.0. The van der Waals surface area contributed by atoms with Crippen molar-refractivity contribution < 1.29 is 9.53 Å². The summed E-state index contributed by atoms with van der Waals surface area (Å²) in [6, 6.07) is 10.1. The fraction of sp³-hybridized carbons (Fsp3) is 0.579. The smallest absolute Gasteiger partial charge is 0.241 e. The fourth-order valence-corrected chi connectivity index (χ4v) is 2.09. The molecule has 1 amide bonds. The highest BCUT2D eigenvalue weighted by molar-refractivity contribution is 14.0. The number of ether oxygens (including phenoxy) is 1. The zero-order valence-electron chi connectivity index (χ0n) is 16.1. The number of guanidine groups is 1. The van der Waals surface area contributed by atoms with Crippen LogP contribution in [-0.4, -0.2) is 44.7 Å². The highest BCUT2D eigenvalue weighted by Crippen LogP contribution is 2.02. The van der Waals surface area contributed by atoms with Gasteiger partial charge in [0.05, 0.1) is 13.2 Å². The standard InChI is InChI=1S/C19H32N4O2.HI/c1-4-11-21-18(24)13-23-19(20-5-2)22-12-16(3)14-25-15-17-9-7-6-8-10-17;/h6-10,16H,4-5,11-15H2,1-3H3,(H,21,24)(H2,20,22,23);1H. The van der Waals surface area contributed by atoms with Crippen LogP contribution >= 0.6 is 24.0 Å². The maximum atomic E-state index is 11.6. The first-order chi connectivity index (χ1) is 12.2. The van der Waals surface area contributed by atoms with Gasteiger partial charge in [-0.25, -0.2) is 4.99 Å². The Labute approximate surface area is 174 Å². The van der Waals surface area contributed by atoms with Gasteiger partial charge in [0.2, 0.25) is 5.91 Å². The number of hydrogen-bond acceptors (Lipinski definition) is 3. The summed E-state index contributed by atoms with van der Waals surface area (Å²) in [6.45, 7) is 9.74. The lowest BCUT2D eigenvalue weighted by Crippen LogP contribution is -2.41. The monoisotopic (exact) mass is 476 g/mol. The third-order valence-corrected chi connectivity index (χ3v) is 3.43. The molecule has 0 radical (unpaired) electrons. The molecule has 0 aromatic heterocycles. The molecule has 1 atom stereocenters. The molecule has 148 valence electrons. The van der Waals surface area contributed by atoms with Crippen molar-refractivity contribution in [3.63, 3.8) is 0 Å². The van der Waals surface area contributed by atoms with Gasteiger partial charge in [-0.1, -0.05) is 44.2 Å². The summed E-state index contributed by atoms with van der Waals surface area (Å²) in [6.07, 6.45) is 0.925. The van der Waals surface area contributed by atoms with Gasteiger partial charge in [-0.05, 0) is 24.8 Å². The van der Waals surface area contributed by atoms with E-state index in [-0.39, 0.29) is 36.4 Å². The predicted molar refractivity (Wildman–Crippen MR) is 118 cm³/mol. The van der Waals surface area contributed by atoms with Crippen LogP contribution in [0.2, 0.25) is 0 Å². The molecule has 0 spiro atoms. The van der Waals surface area contributed by atoms with Gasteiger partial charge < -0.3 is 20.7 Å². The number of halogens is 1. The second-order valence-corrected chi connectivity index (χ2v) is 6.03. The molecule has 6 nitrogen and oxygen atoms in total. The Hall–Kier alpha value is -1.35. The van der Waals surface area contributed by atoms with Gasteiger partial charge in [0, 0.05) is 19.6 Å². The van der Waals surface area contributed by atoms with Crippen molar-refractivity contribution in [2.24, 2.45) is 10.9 Å². The van der Waals surface area contributed by atoms with E-state index < -0.39 is 0 Å². The lowest BCUT2D eigenvalue weighted by Gasteiger charge is -2.16. The van der Waals surface area contributed by atoms with E-state index in [1.807, 2.05) is 32.0 Å². The van der Waals surface area contributed by atoms with Crippen molar-refractivity contribution in [2.75, 3.05) is 32.8 Å². The number of aliphatic imine (C=N–C) groups is 1. The number of amides is 1. The Morgan fingerprint density at radius 2 is 1.88 bits per heavy atom. The van der Waals surface area contributed by atoms with E-state index in [1.54, 1.807) is 0 Å². The number of rotatable bonds is 11. The van der Waals surface area contributed by atoms with Crippen molar-refractivity contribution >= 4 is 35.8 Å². The minimum atomic E-state index is -0.0571. The summed E-state index contributed by atoms with van der Waals surface area (Å²) < 4.78 is 5.75. The molecule has 1 rings (SSSR count). The van der Waals surface area contributed by atoms with Crippen molar-refractivity contribution in [2.45, 2.75) is 33.8 Å². The molecule has 26 heavy (non-hydrogen) atoms. The lowest BCUT2D eigenvalue weighted by atomic mass is 10.2. The second kappa shape index (κ2) is 15.9. The van der Waals surface area contributed by atoms with Gasteiger partial charge in [-0.15, -0.1) is 24.0 Å². The van der Waals surface area contributed by atoms with Gasteiger partial charge >= 0.3 is 0 Å². The van der Waals surface area contributed by atoms with Crippen molar-refractivity contribution in [1.82, 2.24) is 16.0 Å². The lowest BCUT2D eigenvalue weighted by molar-refractivity contribution is -0.119. The minimum absolute atomic E-state index is 0. The van der Waals surface area contributed by atoms with Crippen LogP contribution in [0, 0.1) is 5.92 Å². The Kier molecular flexibility index (Phi) is 15.0. The molecular formula is C19H33IN4O2. The van der Waals surface area contributed by atoms with Crippen molar-refractivity contribution in [3.05, 3.63) is 35.9 Å². The molecule has 0 aliphatic heterocycles. The van der Waals surface area contributed by atoms with Gasteiger partial charge in [-0.3, -0.25) is 4.79 Å². The van der Waals surface area contributed by atoms with E-state index in [9.17, 15) is 4.79 Å². The van der Waals surface area contributed by atoms with Gasteiger partial charge in [0.15, 0.2) is 5.96 Å². The number of carbonyl (C=O) groups is 1. The van der Waals surface area contributed by atoms with E-state index in [0.717, 1.165) is 19.5 Å². The SMILES string of the molecule is CCCNC(=O)CN=C(NCC)NCC(C)COCc1ccccc1.I. The first-order valence-electron chi connectivity index (χ1n) is 9.06. The van der Waals surface area contributed by atoms with Gasteiger partial charge in [0.1, 0.15) is 6.54 Å². The number of nitrogens with one attached hydrogen (secondary N) is 3. The van der Waals surface area contributed by atoms with E-state index in [4.69, 9.17) is 4.74 Å². The number of nitrogens with zero attached hydrogens (tertiary/aromatic N) is 1. The summed E-state index contributed by atoms with van der Waals surface area (Å²) in [7, 11) is 0. The first kappa shape index (κ1) is 24.7. The van der Waals surface area contributed by atoms with Crippen LogP contribution in [0.15, 0.2) is 35.3 Å². The zero-order valence-corrected chi connectivity index (χ0v) is 18.4.